The number of hydrogen-bond donors (Lipinski definition) is 1. The van der Waals surface area contributed by atoms with Crippen LogP contribution in [-0.2, 0) is 5.41 Å². The van der Waals surface area contributed by atoms with E-state index in [0.717, 1.165) is 23.5 Å². The summed E-state index contributed by atoms with van der Waals surface area (Å²) in [6.45, 7) is 1.62. The van der Waals surface area contributed by atoms with E-state index in [1.165, 1.54) is 28.2 Å². The van der Waals surface area contributed by atoms with Gasteiger partial charge in [-0.1, -0.05) is 11.3 Å². The van der Waals surface area contributed by atoms with Gasteiger partial charge < -0.3 is 15.0 Å². The Bertz CT molecular complexity index is 1360. The first kappa shape index (κ1) is 25.1. The van der Waals surface area contributed by atoms with E-state index in [-0.39, 0.29) is 17.0 Å². The monoisotopic (exact) mass is 519 g/mol. The van der Waals surface area contributed by atoms with Gasteiger partial charge in [-0.2, -0.15) is 15.0 Å². The third-order valence-electron chi connectivity index (χ3n) is 5.52. The number of halogens is 3. The van der Waals surface area contributed by atoms with Crippen LogP contribution >= 0.6 is 11.3 Å². The normalized spacial score (nSPS) is 15.0. The second-order valence-electron chi connectivity index (χ2n) is 8.42. The van der Waals surface area contributed by atoms with Crippen LogP contribution in [0.4, 0.5) is 13.2 Å². The maximum atomic E-state index is 13.0. The summed E-state index contributed by atoms with van der Waals surface area (Å²) in [5.74, 6) is -1.21. The summed E-state index contributed by atoms with van der Waals surface area (Å²) in [7, 11) is 3.23. The highest BCUT2D eigenvalue weighted by atomic mass is 32.1. The molecule has 4 rings (SSSR count). The van der Waals surface area contributed by atoms with E-state index in [9.17, 15) is 28.0 Å². The van der Waals surface area contributed by atoms with Gasteiger partial charge in [0.1, 0.15) is 17.0 Å². The molecule has 10 nitrogen and oxygen atoms in total. The number of amides is 2. The minimum Gasteiger partial charge on any atom is -0.406 e. The van der Waals surface area contributed by atoms with E-state index >= 15 is 0 Å². The van der Waals surface area contributed by atoms with Crippen LogP contribution in [-0.4, -0.2) is 56.9 Å². The van der Waals surface area contributed by atoms with Gasteiger partial charge in [-0.3, -0.25) is 9.59 Å². The van der Waals surface area contributed by atoms with Gasteiger partial charge >= 0.3 is 6.36 Å². The Kier molecular flexibility index (Phi) is 6.44. The highest BCUT2D eigenvalue weighted by Crippen LogP contribution is 2.48. The molecule has 14 heteroatoms. The van der Waals surface area contributed by atoms with E-state index in [0.29, 0.717) is 28.7 Å². The molecule has 188 valence electrons. The smallest absolute Gasteiger partial charge is 0.406 e. The average Bonchev–Trinajstić information content (AvgIpc) is 3.21. The maximum absolute atomic E-state index is 13.0. The Morgan fingerprint density at radius 2 is 2.00 bits per heavy atom. The fourth-order valence-electron chi connectivity index (χ4n) is 3.51. The number of benzene rings is 1. The van der Waals surface area contributed by atoms with Gasteiger partial charge in [0.25, 0.3) is 11.8 Å². The third-order valence-corrected chi connectivity index (χ3v) is 6.48. The van der Waals surface area contributed by atoms with Crippen LogP contribution in [0.3, 0.4) is 0 Å². The van der Waals surface area contributed by atoms with E-state index in [1.54, 1.807) is 21.0 Å². The number of ether oxygens (including phenoxy) is 1. The van der Waals surface area contributed by atoms with Crippen LogP contribution in [0.15, 0.2) is 30.7 Å². The lowest BCUT2D eigenvalue weighted by molar-refractivity contribution is -0.274. The number of nitrogens with zero attached hydrogens (tertiary/aromatic N) is 6. The third kappa shape index (κ3) is 5.15. The number of alkyl halides is 3. The lowest BCUT2D eigenvalue weighted by Crippen LogP contribution is -2.29. The lowest BCUT2D eigenvalue weighted by atomic mass is 9.95. The number of aromatic nitrogens is 4. The Labute approximate surface area is 207 Å². The summed E-state index contributed by atoms with van der Waals surface area (Å²) in [4.78, 5) is 35.4. The summed E-state index contributed by atoms with van der Waals surface area (Å²) in [6, 6.07) is 4.87. The SMILES string of the molecule is C[C@H](NC(=O)c1cc(OC(F)(F)F)cc(C2(C#N)CC2)c1)c1ncnn1-c1ncc(C(=O)N(C)C)s1. The van der Waals surface area contributed by atoms with Gasteiger partial charge in [-0.05, 0) is 43.5 Å². The number of nitriles is 1. The first-order chi connectivity index (χ1) is 16.9. The van der Waals surface area contributed by atoms with Gasteiger partial charge in [0.05, 0.1) is 23.7 Å². The Morgan fingerprint density at radius 3 is 2.61 bits per heavy atom. The standard InChI is InChI=1S/C22H20F3N7O3S/c1-12(17-28-11-29-32(17)20-27-9-16(36-20)19(34)31(2)3)30-18(33)13-6-14(21(10-26)4-5-21)8-15(7-13)35-22(23,24)25/h6-9,11-12H,4-5H2,1-3H3,(H,30,33)/t12-/m0/s1. The minimum absolute atomic E-state index is 0.0979. The first-order valence-electron chi connectivity index (χ1n) is 10.6. The van der Waals surface area contributed by atoms with Crippen molar-refractivity contribution in [1.82, 2.24) is 30.0 Å². The largest absolute Gasteiger partial charge is 0.573 e. The van der Waals surface area contributed by atoms with Crippen LogP contribution in [0, 0.1) is 11.3 Å². The number of nitrogens with one attached hydrogen (secondary N) is 1. The fourth-order valence-corrected chi connectivity index (χ4v) is 4.41. The molecule has 1 N–H and O–H groups in total. The van der Waals surface area contributed by atoms with Crippen LogP contribution in [0.1, 0.15) is 57.2 Å². The summed E-state index contributed by atoms with van der Waals surface area (Å²) in [6.07, 6.45) is -1.34. The molecule has 1 aliphatic rings. The molecule has 0 saturated heterocycles. The predicted octanol–water partition coefficient (Wildman–Crippen LogP) is 3.37. The van der Waals surface area contributed by atoms with E-state index < -0.39 is 29.5 Å². The number of carbonyl (C=O) groups excluding carboxylic acids is 2. The predicted molar refractivity (Wildman–Crippen MR) is 121 cm³/mol. The molecule has 1 aliphatic carbocycles. The van der Waals surface area contributed by atoms with Crippen LogP contribution in [0.25, 0.3) is 5.13 Å². The van der Waals surface area contributed by atoms with Crippen molar-refractivity contribution >= 4 is 23.2 Å². The van der Waals surface area contributed by atoms with E-state index in [2.05, 4.69) is 31.2 Å². The van der Waals surface area contributed by atoms with Crippen molar-refractivity contribution in [2.24, 2.45) is 0 Å². The van der Waals surface area contributed by atoms with Crippen molar-refractivity contribution in [2.45, 2.75) is 37.6 Å². The average molecular weight is 520 g/mol. The van der Waals surface area contributed by atoms with Gasteiger partial charge in [0.15, 0.2) is 5.82 Å². The van der Waals surface area contributed by atoms with Crippen molar-refractivity contribution in [3.8, 4) is 17.0 Å². The van der Waals surface area contributed by atoms with Crippen molar-refractivity contribution in [1.29, 1.82) is 5.26 Å². The zero-order chi connectivity index (χ0) is 26.3. The first-order valence-corrected chi connectivity index (χ1v) is 11.5. The molecule has 3 aromatic rings. The van der Waals surface area contributed by atoms with Crippen LogP contribution in [0.2, 0.25) is 0 Å². The van der Waals surface area contributed by atoms with Crippen molar-refractivity contribution in [3.63, 3.8) is 0 Å². The van der Waals surface area contributed by atoms with Crippen LogP contribution < -0.4 is 10.1 Å². The molecular weight excluding hydrogens is 499 g/mol. The lowest BCUT2D eigenvalue weighted by Gasteiger charge is -2.17. The summed E-state index contributed by atoms with van der Waals surface area (Å²) >= 11 is 1.09. The molecule has 1 atom stereocenters. The highest BCUT2D eigenvalue weighted by molar-refractivity contribution is 7.16. The van der Waals surface area contributed by atoms with E-state index in [4.69, 9.17) is 0 Å². The number of carbonyl (C=O) groups is 2. The van der Waals surface area contributed by atoms with Crippen molar-refractivity contribution in [3.05, 3.63) is 52.6 Å². The molecule has 0 unspecified atom stereocenters. The molecule has 0 aliphatic heterocycles. The maximum Gasteiger partial charge on any atom is 0.573 e. The van der Waals surface area contributed by atoms with Crippen LogP contribution in [0.5, 0.6) is 5.75 Å². The zero-order valence-corrected chi connectivity index (χ0v) is 20.1. The molecule has 2 aromatic heterocycles. The Hall–Kier alpha value is -3.99. The Balaban J connectivity index is 1.58. The van der Waals surface area contributed by atoms with Gasteiger partial charge in [-0.15, -0.1) is 13.2 Å². The molecule has 0 radical (unpaired) electrons. The molecule has 0 bridgehead atoms. The molecular formula is C22H20F3N7O3S. The molecule has 0 spiro atoms. The molecule has 2 amide bonds. The summed E-state index contributed by atoms with van der Waals surface area (Å²) in [5, 5.41) is 16.6. The number of hydrogen-bond acceptors (Lipinski definition) is 8. The molecule has 2 heterocycles. The van der Waals surface area contributed by atoms with Gasteiger partial charge in [0.2, 0.25) is 5.13 Å². The molecule has 36 heavy (non-hydrogen) atoms. The summed E-state index contributed by atoms with van der Waals surface area (Å²) < 4.78 is 44.0. The second-order valence-corrected chi connectivity index (χ2v) is 9.43. The zero-order valence-electron chi connectivity index (χ0n) is 19.3. The Morgan fingerprint density at radius 1 is 1.28 bits per heavy atom. The quantitative estimate of drug-likeness (QED) is 0.507. The summed E-state index contributed by atoms with van der Waals surface area (Å²) in [5.41, 5.74) is -0.744. The highest BCUT2D eigenvalue weighted by Gasteiger charge is 2.46. The molecule has 1 fully saturated rings. The van der Waals surface area contributed by atoms with Crippen molar-refractivity contribution in [2.75, 3.05) is 14.1 Å². The number of rotatable bonds is 7. The van der Waals surface area contributed by atoms with Gasteiger partial charge in [-0.25, -0.2) is 9.97 Å². The minimum atomic E-state index is -4.96. The van der Waals surface area contributed by atoms with Crippen molar-refractivity contribution < 1.29 is 27.5 Å². The topological polar surface area (TPSA) is 126 Å². The van der Waals surface area contributed by atoms with Gasteiger partial charge in [0, 0.05) is 19.7 Å². The number of thiazole rings is 1. The molecule has 1 saturated carbocycles. The fraction of sp³-hybridized carbons (Fsp3) is 0.364. The second kappa shape index (κ2) is 9.23. The molecule has 1 aromatic carbocycles. The van der Waals surface area contributed by atoms with E-state index in [1.807, 2.05) is 0 Å².